The number of pyridine rings is 2. The van der Waals surface area contributed by atoms with Gasteiger partial charge in [0.25, 0.3) is 0 Å². The van der Waals surface area contributed by atoms with Crippen molar-refractivity contribution in [2.45, 2.75) is 25.3 Å². The Hall–Kier alpha value is -2.06. The van der Waals surface area contributed by atoms with E-state index in [4.69, 9.17) is 11.5 Å². The number of hydrogen-bond acceptors (Lipinski definition) is 6. The Morgan fingerprint density at radius 2 is 2.28 bits per heavy atom. The van der Waals surface area contributed by atoms with Gasteiger partial charge in [0, 0.05) is 55.3 Å². The summed E-state index contributed by atoms with van der Waals surface area (Å²) >= 11 is 2.99. The molecular weight excluding hydrogens is 389 g/mol. The van der Waals surface area contributed by atoms with Gasteiger partial charge in [-0.15, -0.1) is 0 Å². The molecular formula is C17H19BrFN5O. The van der Waals surface area contributed by atoms with Gasteiger partial charge in [0.05, 0.1) is 5.69 Å². The van der Waals surface area contributed by atoms with E-state index in [0.717, 1.165) is 43.2 Å². The van der Waals surface area contributed by atoms with Crippen molar-refractivity contribution in [2.24, 2.45) is 5.73 Å². The van der Waals surface area contributed by atoms with Gasteiger partial charge < -0.3 is 16.4 Å². The molecule has 0 unspecified atom stereocenters. The largest absolute Gasteiger partial charge is 0.397 e. The van der Waals surface area contributed by atoms with Gasteiger partial charge in [0.2, 0.25) is 0 Å². The summed E-state index contributed by atoms with van der Waals surface area (Å²) in [6.07, 6.45) is 5.47. The van der Waals surface area contributed by atoms with Crippen LogP contribution in [0.15, 0.2) is 29.1 Å². The minimum atomic E-state index is -0.599. The molecule has 0 aromatic carbocycles. The number of halogens is 2. The molecule has 25 heavy (non-hydrogen) atoms. The highest BCUT2D eigenvalue weighted by atomic mass is 79.9. The van der Waals surface area contributed by atoms with Gasteiger partial charge in [-0.05, 0) is 34.8 Å². The lowest BCUT2D eigenvalue weighted by Crippen LogP contribution is -2.43. The molecule has 6 nitrogen and oxygen atoms in total. The van der Waals surface area contributed by atoms with Crippen LogP contribution in [-0.4, -0.2) is 34.9 Å². The topological polar surface area (TPSA) is 98.1 Å². The number of nitrogens with zero attached hydrogens (tertiary/aromatic N) is 3. The number of ketones is 1. The van der Waals surface area contributed by atoms with Crippen molar-refractivity contribution in [3.05, 3.63) is 46.2 Å². The molecule has 8 heteroatoms. The highest BCUT2D eigenvalue weighted by Gasteiger charge is 2.22. The molecule has 0 saturated carbocycles. The Morgan fingerprint density at radius 1 is 1.48 bits per heavy atom. The summed E-state index contributed by atoms with van der Waals surface area (Å²) in [6, 6.07) is 3.10. The molecule has 1 fully saturated rings. The normalized spacial score (nSPS) is 17.6. The Balaban J connectivity index is 1.86. The van der Waals surface area contributed by atoms with E-state index in [9.17, 15) is 9.18 Å². The smallest absolute Gasteiger partial charge is 0.187 e. The van der Waals surface area contributed by atoms with Gasteiger partial charge >= 0.3 is 0 Å². The highest BCUT2D eigenvalue weighted by Crippen LogP contribution is 2.26. The number of Topliss-reactive ketones (excluding diaryl/α,β-unsaturated/α-hetero) is 1. The third-order valence-electron chi connectivity index (χ3n) is 4.25. The Labute approximate surface area is 153 Å². The van der Waals surface area contributed by atoms with E-state index >= 15 is 0 Å². The van der Waals surface area contributed by atoms with Crippen molar-refractivity contribution in [1.29, 1.82) is 0 Å². The second-order valence-corrected chi connectivity index (χ2v) is 6.90. The molecule has 0 radical (unpaired) electrons. The van der Waals surface area contributed by atoms with Crippen LogP contribution < -0.4 is 16.4 Å². The van der Waals surface area contributed by atoms with Crippen LogP contribution in [0.1, 0.15) is 28.9 Å². The van der Waals surface area contributed by atoms with Gasteiger partial charge in [-0.2, -0.15) is 0 Å². The van der Waals surface area contributed by atoms with Gasteiger partial charge in [-0.25, -0.2) is 9.37 Å². The van der Waals surface area contributed by atoms with Crippen LogP contribution in [0, 0.1) is 5.82 Å². The SMILES string of the molecule is Nc1cc(F)c(Br)nc1C(=O)Cc1cnccc1N1CCC[C@H](N)C1. The Bertz CT molecular complexity index is 801. The zero-order chi connectivity index (χ0) is 18.0. The number of rotatable bonds is 4. The predicted octanol–water partition coefficient (Wildman–Crippen LogP) is 2.31. The number of piperidine rings is 1. The lowest BCUT2D eigenvalue weighted by molar-refractivity contribution is 0.0989. The van der Waals surface area contributed by atoms with Gasteiger partial charge in [-0.3, -0.25) is 9.78 Å². The van der Waals surface area contributed by atoms with Crippen LogP contribution in [0.2, 0.25) is 0 Å². The van der Waals surface area contributed by atoms with E-state index in [1.54, 1.807) is 12.4 Å². The summed E-state index contributed by atoms with van der Waals surface area (Å²) in [6.45, 7) is 1.63. The summed E-state index contributed by atoms with van der Waals surface area (Å²) in [5.41, 5.74) is 13.6. The molecule has 1 saturated heterocycles. The van der Waals surface area contributed by atoms with Crippen molar-refractivity contribution in [3.63, 3.8) is 0 Å². The van der Waals surface area contributed by atoms with E-state index in [0.29, 0.717) is 0 Å². The molecule has 1 aliphatic rings. The highest BCUT2D eigenvalue weighted by molar-refractivity contribution is 9.10. The Kier molecular flexibility index (Phi) is 5.29. The quantitative estimate of drug-likeness (QED) is 0.595. The number of anilines is 2. The van der Waals surface area contributed by atoms with Gasteiger partial charge in [0.15, 0.2) is 11.6 Å². The first-order valence-electron chi connectivity index (χ1n) is 8.04. The van der Waals surface area contributed by atoms with E-state index < -0.39 is 5.82 Å². The second-order valence-electron chi connectivity index (χ2n) is 6.15. The van der Waals surface area contributed by atoms with Crippen molar-refractivity contribution in [2.75, 3.05) is 23.7 Å². The first kappa shape index (κ1) is 17.8. The molecule has 4 N–H and O–H groups in total. The van der Waals surface area contributed by atoms with E-state index in [1.165, 1.54) is 0 Å². The zero-order valence-electron chi connectivity index (χ0n) is 13.6. The van der Waals surface area contributed by atoms with Gasteiger partial charge in [0.1, 0.15) is 10.3 Å². The van der Waals surface area contributed by atoms with Crippen molar-refractivity contribution >= 4 is 33.1 Å². The number of aromatic nitrogens is 2. The lowest BCUT2D eigenvalue weighted by atomic mass is 10.0. The average molecular weight is 408 g/mol. The summed E-state index contributed by atoms with van der Waals surface area (Å²) in [5.74, 6) is -0.882. The van der Waals surface area contributed by atoms with E-state index in [-0.39, 0.29) is 34.2 Å². The van der Waals surface area contributed by atoms with E-state index in [1.807, 2.05) is 6.07 Å². The summed E-state index contributed by atoms with van der Waals surface area (Å²) in [4.78, 5) is 22.9. The van der Waals surface area contributed by atoms with E-state index in [2.05, 4.69) is 30.8 Å². The first-order valence-corrected chi connectivity index (χ1v) is 8.83. The maximum absolute atomic E-state index is 13.5. The van der Waals surface area contributed by atoms with Crippen molar-refractivity contribution in [3.8, 4) is 0 Å². The van der Waals surface area contributed by atoms with Crippen molar-refractivity contribution < 1.29 is 9.18 Å². The molecule has 1 atom stereocenters. The third kappa shape index (κ3) is 3.96. The van der Waals surface area contributed by atoms with Crippen LogP contribution in [0.5, 0.6) is 0 Å². The first-order chi connectivity index (χ1) is 12.0. The lowest BCUT2D eigenvalue weighted by Gasteiger charge is -2.33. The zero-order valence-corrected chi connectivity index (χ0v) is 15.2. The minimum Gasteiger partial charge on any atom is -0.397 e. The molecule has 0 aliphatic carbocycles. The maximum Gasteiger partial charge on any atom is 0.187 e. The average Bonchev–Trinajstić information content (AvgIpc) is 2.58. The second kappa shape index (κ2) is 7.45. The summed E-state index contributed by atoms with van der Waals surface area (Å²) in [7, 11) is 0. The fraction of sp³-hybridized carbons (Fsp3) is 0.353. The van der Waals surface area contributed by atoms with Crippen LogP contribution in [0.4, 0.5) is 15.8 Å². The van der Waals surface area contributed by atoms with Crippen molar-refractivity contribution in [1.82, 2.24) is 9.97 Å². The van der Waals surface area contributed by atoms with Crippen LogP contribution in [-0.2, 0) is 6.42 Å². The predicted molar refractivity (Wildman–Crippen MR) is 98.0 cm³/mol. The van der Waals surface area contributed by atoms with Crippen LogP contribution >= 0.6 is 15.9 Å². The molecule has 0 amide bonds. The number of nitrogens with two attached hydrogens (primary N) is 2. The molecule has 2 aromatic heterocycles. The molecule has 1 aliphatic heterocycles. The minimum absolute atomic E-state index is 0.0242. The molecule has 0 bridgehead atoms. The van der Waals surface area contributed by atoms with Crippen LogP contribution in [0.25, 0.3) is 0 Å². The molecule has 132 valence electrons. The van der Waals surface area contributed by atoms with Gasteiger partial charge in [-0.1, -0.05) is 0 Å². The Morgan fingerprint density at radius 3 is 3.04 bits per heavy atom. The summed E-state index contributed by atoms with van der Waals surface area (Å²) in [5, 5.41) is 0. The molecule has 0 spiro atoms. The molecule has 3 heterocycles. The third-order valence-corrected chi connectivity index (χ3v) is 4.81. The maximum atomic E-state index is 13.5. The monoisotopic (exact) mass is 407 g/mol. The summed E-state index contributed by atoms with van der Waals surface area (Å²) < 4.78 is 13.4. The molecule has 2 aromatic rings. The fourth-order valence-electron chi connectivity index (χ4n) is 3.05. The fourth-order valence-corrected chi connectivity index (χ4v) is 3.35. The number of hydrogen-bond donors (Lipinski definition) is 2. The number of carbonyl (C=O) groups excluding carboxylic acids is 1. The standard InChI is InChI=1S/C17H19BrFN5O/c18-17-12(19)7-13(21)16(23-17)15(25)6-10-8-22-4-3-14(10)24-5-1-2-11(20)9-24/h3-4,7-8,11H,1-2,5-6,9,20-21H2/t11-/m0/s1. The molecule has 3 rings (SSSR count). The number of nitrogen functional groups attached to an aromatic ring is 1. The van der Waals surface area contributed by atoms with Crippen LogP contribution in [0.3, 0.4) is 0 Å². The number of carbonyl (C=O) groups is 1.